The number of anilines is 1. The molecule has 0 aliphatic carbocycles. The monoisotopic (exact) mass is 278 g/mol. The van der Waals surface area contributed by atoms with Crippen molar-refractivity contribution in [2.45, 2.75) is 45.0 Å². The second kappa shape index (κ2) is 6.19. The first kappa shape index (κ1) is 14.7. The molecule has 1 fully saturated rings. The molecule has 2 nitrogen and oxygen atoms in total. The highest BCUT2D eigenvalue weighted by atomic mass is 32.2. The highest BCUT2D eigenvalue weighted by molar-refractivity contribution is 8.00. The summed E-state index contributed by atoms with van der Waals surface area (Å²) in [6, 6.07) is 9.03. The zero-order chi connectivity index (χ0) is 13.9. The number of thioether (sulfide) groups is 1. The number of hydrogen-bond donors (Lipinski definition) is 1. The van der Waals surface area contributed by atoms with Crippen LogP contribution in [-0.4, -0.2) is 29.6 Å². The van der Waals surface area contributed by atoms with Crippen molar-refractivity contribution < 1.29 is 0 Å². The van der Waals surface area contributed by atoms with E-state index in [1.807, 2.05) is 0 Å². The molecule has 1 N–H and O–H groups in total. The number of benzene rings is 1. The molecule has 1 aromatic carbocycles. The molecule has 1 saturated heterocycles. The smallest absolute Gasteiger partial charge is 0.0367 e. The standard InChI is InChI=1S/C16H26N2S/c1-13-12-18(9-10-19-13)15-7-5-14(6-8-15)11-17-16(2,3)4/h5-8,13,17H,9-12H2,1-4H3. The van der Waals surface area contributed by atoms with Crippen LogP contribution in [0.3, 0.4) is 0 Å². The summed E-state index contributed by atoms with van der Waals surface area (Å²) in [5, 5.41) is 4.27. The summed E-state index contributed by atoms with van der Waals surface area (Å²) in [7, 11) is 0. The molecule has 0 bridgehead atoms. The summed E-state index contributed by atoms with van der Waals surface area (Å²) in [6.45, 7) is 12.2. The largest absolute Gasteiger partial charge is 0.370 e. The third-order valence-electron chi connectivity index (χ3n) is 3.37. The van der Waals surface area contributed by atoms with Crippen LogP contribution in [0.2, 0.25) is 0 Å². The van der Waals surface area contributed by atoms with Gasteiger partial charge < -0.3 is 10.2 Å². The Hall–Kier alpha value is -0.670. The fourth-order valence-corrected chi connectivity index (χ4v) is 3.26. The van der Waals surface area contributed by atoms with E-state index in [0.29, 0.717) is 0 Å². The molecule has 2 rings (SSSR count). The third kappa shape index (κ3) is 4.73. The maximum absolute atomic E-state index is 3.53. The molecule has 3 heteroatoms. The maximum atomic E-state index is 3.53. The fourth-order valence-electron chi connectivity index (χ4n) is 2.24. The van der Waals surface area contributed by atoms with E-state index >= 15 is 0 Å². The minimum Gasteiger partial charge on any atom is -0.370 e. The van der Waals surface area contributed by atoms with E-state index in [0.717, 1.165) is 11.8 Å². The van der Waals surface area contributed by atoms with Crippen LogP contribution >= 0.6 is 11.8 Å². The molecule has 0 amide bonds. The molecule has 1 aliphatic rings. The molecule has 1 aromatic rings. The van der Waals surface area contributed by atoms with Crippen LogP contribution in [0.15, 0.2) is 24.3 Å². The molecule has 0 aromatic heterocycles. The van der Waals surface area contributed by atoms with Gasteiger partial charge in [-0.3, -0.25) is 0 Å². The van der Waals surface area contributed by atoms with E-state index in [-0.39, 0.29) is 5.54 Å². The Labute approximate surface area is 122 Å². The van der Waals surface area contributed by atoms with Gasteiger partial charge in [-0.2, -0.15) is 11.8 Å². The second-order valence-corrected chi connectivity index (χ2v) is 7.94. The SMILES string of the molecule is CC1CN(c2ccc(CNC(C)(C)C)cc2)CCS1. The lowest BCUT2D eigenvalue weighted by atomic mass is 10.1. The molecular formula is C16H26N2S. The first-order valence-electron chi connectivity index (χ1n) is 7.14. The van der Waals surface area contributed by atoms with Crippen molar-refractivity contribution >= 4 is 17.4 Å². The topological polar surface area (TPSA) is 15.3 Å². The van der Waals surface area contributed by atoms with Gasteiger partial charge in [-0.25, -0.2) is 0 Å². The summed E-state index contributed by atoms with van der Waals surface area (Å²) in [5.41, 5.74) is 2.91. The van der Waals surface area contributed by atoms with Crippen molar-refractivity contribution in [3.8, 4) is 0 Å². The Morgan fingerprint density at radius 3 is 2.53 bits per heavy atom. The van der Waals surface area contributed by atoms with E-state index in [9.17, 15) is 0 Å². The first-order chi connectivity index (χ1) is 8.94. The quantitative estimate of drug-likeness (QED) is 0.911. The van der Waals surface area contributed by atoms with Gasteiger partial charge >= 0.3 is 0 Å². The molecule has 0 radical (unpaired) electrons. The molecular weight excluding hydrogens is 252 g/mol. The number of nitrogens with one attached hydrogen (secondary N) is 1. The molecule has 19 heavy (non-hydrogen) atoms. The summed E-state index contributed by atoms with van der Waals surface area (Å²) in [6.07, 6.45) is 0. The van der Waals surface area contributed by atoms with E-state index in [2.05, 4.69) is 73.9 Å². The second-order valence-electron chi connectivity index (χ2n) is 6.40. The van der Waals surface area contributed by atoms with Gasteiger partial charge in [0.1, 0.15) is 0 Å². The van der Waals surface area contributed by atoms with Crippen LogP contribution in [0.25, 0.3) is 0 Å². The lowest BCUT2D eigenvalue weighted by molar-refractivity contribution is 0.424. The Morgan fingerprint density at radius 1 is 1.26 bits per heavy atom. The van der Waals surface area contributed by atoms with Gasteiger partial charge in [-0.05, 0) is 38.5 Å². The van der Waals surface area contributed by atoms with Crippen LogP contribution in [-0.2, 0) is 6.54 Å². The zero-order valence-corrected chi connectivity index (χ0v) is 13.4. The highest BCUT2D eigenvalue weighted by Crippen LogP contribution is 2.24. The third-order valence-corrected chi connectivity index (χ3v) is 4.50. The average molecular weight is 278 g/mol. The van der Waals surface area contributed by atoms with Gasteiger partial charge in [0.15, 0.2) is 0 Å². The fraction of sp³-hybridized carbons (Fsp3) is 0.625. The summed E-state index contributed by atoms with van der Waals surface area (Å²) >= 11 is 2.08. The predicted molar refractivity (Wildman–Crippen MR) is 87.2 cm³/mol. The summed E-state index contributed by atoms with van der Waals surface area (Å²) in [5.74, 6) is 1.24. The van der Waals surface area contributed by atoms with Crippen LogP contribution < -0.4 is 10.2 Å². The Balaban J connectivity index is 1.94. The highest BCUT2D eigenvalue weighted by Gasteiger charge is 2.16. The van der Waals surface area contributed by atoms with Gasteiger partial charge in [0, 0.05) is 41.9 Å². The van der Waals surface area contributed by atoms with E-state index in [4.69, 9.17) is 0 Å². The maximum Gasteiger partial charge on any atom is 0.0367 e. The van der Waals surface area contributed by atoms with Gasteiger partial charge in [-0.1, -0.05) is 19.1 Å². The summed E-state index contributed by atoms with van der Waals surface area (Å²) < 4.78 is 0. The van der Waals surface area contributed by atoms with Crippen molar-refractivity contribution in [3.05, 3.63) is 29.8 Å². The van der Waals surface area contributed by atoms with Crippen molar-refractivity contribution in [2.24, 2.45) is 0 Å². The van der Waals surface area contributed by atoms with Crippen LogP contribution in [0.5, 0.6) is 0 Å². The molecule has 0 saturated carbocycles. The number of nitrogens with zero attached hydrogens (tertiary/aromatic N) is 1. The Morgan fingerprint density at radius 2 is 1.95 bits per heavy atom. The van der Waals surface area contributed by atoms with Gasteiger partial charge in [0.2, 0.25) is 0 Å². The average Bonchev–Trinajstić information content (AvgIpc) is 2.36. The Kier molecular flexibility index (Phi) is 4.80. The van der Waals surface area contributed by atoms with Crippen molar-refractivity contribution in [3.63, 3.8) is 0 Å². The lowest BCUT2D eigenvalue weighted by Gasteiger charge is -2.32. The van der Waals surface area contributed by atoms with Gasteiger partial charge in [0.05, 0.1) is 0 Å². The van der Waals surface area contributed by atoms with Gasteiger partial charge in [0.25, 0.3) is 0 Å². The van der Waals surface area contributed by atoms with Crippen LogP contribution in [0, 0.1) is 0 Å². The van der Waals surface area contributed by atoms with Crippen molar-refractivity contribution in [1.29, 1.82) is 0 Å². The van der Waals surface area contributed by atoms with Crippen molar-refractivity contribution in [1.82, 2.24) is 5.32 Å². The first-order valence-corrected chi connectivity index (χ1v) is 8.19. The van der Waals surface area contributed by atoms with Crippen molar-refractivity contribution in [2.75, 3.05) is 23.7 Å². The van der Waals surface area contributed by atoms with E-state index in [1.54, 1.807) is 0 Å². The normalized spacial score (nSPS) is 20.6. The lowest BCUT2D eigenvalue weighted by Crippen LogP contribution is -2.36. The van der Waals surface area contributed by atoms with E-state index < -0.39 is 0 Å². The van der Waals surface area contributed by atoms with Gasteiger partial charge in [-0.15, -0.1) is 0 Å². The molecule has 1 unspecified atom stereocenters. The summed E-state index contributed by atoms with van der Waals surface area (Å²) in [4.78, 5) is 2.50. The minimum atomic E-state index is 0.179. The molecule has 0 spiro atoms. The predicted octanol–water partition coefficient (Wildman–Crippen LogP) is 3.52. The molecule has 1 atom stereocenters. The molecule has 1 aliphatic heterocycles. The zero-order valence-electron chi connectivity index (χ0n) is 12.6. The molecule has 106 valence electrons. The Bertz CT molecular complexity index is 394. The van der Waals surface area contributed by atoms with Crippen LogP contribution in [0.1, 0.15) is 33.3 Å². The van der Waals surface area contributed by atoms with Crippen LogP contribution in [0.4, 0.5) is 5.69 Å². The number of rotatable bonds is 3. The van der Waals surface area contributed by atoms with E-state index in [1.165, 1.54) is 30.1 Å². The minimum absolute atomic E-state index is 0.179. The molecule has 1 heterocycles. The number of hydrogen-bond acceptors (Lipinski definition) is 3.